The number of halogens is 2. The van der Waals surface area contributed by atoms with Gasteiger partial charge in [-0.05, 0) is 35.2 Å². The van der Waals surface area contributed by atoms with Gasteiger partial charge in [-0.1, -0.05) is 62.2 Å². The maximum Gasteiger partial charge on any atom is 0.262 e. The Hall–Kier alpha value is -1.71. The van der Waals surface area contributed by atoms with E-state index in [9.17, 15) is 4.79 Å². The quantitative estimate of drug-likeness (QED) is 0.810. The first-order valence-electron chi connectivity index (χ1n) is 7.24. The summed E-state index contributed by atoms with van der Waals surface area (Å²) in [5.74, 6) is 0.426. The molecule has 3 nitrogen and oxygen atoms in total. The molecule has 0 bridgehead atoms. The van der Waals surface area contributed by atoms with Crippen molar-refractivity contribution in [1.82, 2.24) is 0 Å². The summed E-state index contributed by atoms with van der Waals surface area (Å²) < 4.78 is 5.68. The maximum absolute atomic E-state index is 12.1. The third-order valence-electron chi connectivity index (χ3n) is 3.26. The van der Waals surface area contributed by atoms with E-state index in [1.807, 2.05) is 24.3 Å². The van der Waals surface area contributed by atoms with Crippen LogP contribution in [0.5, 0.6) is 5.75 Å². The number of hydrogen-bond donors (Lipinski definition) is 1. The monoisotopic (exact) mass is 351 g/mol. The van der Waals surface area contributed by atoms with Crippen LogP contribution in [-0.2, 0) is 10.2 Å². The summed E-state index contributed by atoms with van der Waals surface area (Å²) in [6, 6.07) is 12.6. The number of nitrogens with one attached hydrogen (secondary N) is 1. The minimum atomic E-state index is -0.280. The molecular weight excluding hydrogens is 333 g/mol. The molecule has 0 unspecified atom stereocenters. The first-order chi connectivity index (χ1) is 10.8. The molecule has 0 aliphatic carbocycles. The van der Waals surface area contributed by atoms with E-state index in [4.69, 9.17) is 27.9 Å². The molecule has 0 spiro atoms. The molecule has 122 valence electrons. The Labute approximate surface area is 146 Å². The smallest absolute Gasteiger partial charge is 0.262 e. The lowest BCUT2D eigenvalue weighted by Crippen LogP contribution is -2.22. The SMILES string of the molecule is CC(C)(C)c1ccccc1OCC(=O)Nc1ccc(Cl)cc1Cl. The van der Waals surface area contributed by atoms with Gasteiger partial charge in [0.2, 0.25) is 0 Å². The van der Waals surface area contributed by atoms with Crippen LogP contribution in [0.3, 0.4) is 0 Å². The molecule has 5 heteroatoms. The summed E-state index contributed by atoms with van der Waals surface area (Å²) in [6.45, 7) is 6.21. The molecule has 0 aliphatic heterocycles. The van der Waals surface area contributed by atoms with Crippen molar-refractivity contribution in [3.05, 3.63) is 58.1 Å². The summed E-state index contributed by atoms with van der Waals surface area (Å²) in [5.41, 5.74) is 1.50. The standard InChI is InChI=1S/C18H19Cl2NO2/c1-18(2,3)13-6-4-5-7-16(13)23-11-17(22)21-15-9-8-12(19)10-14(15)20/h4-10H,11H2,1-3H3,(H,21,22). The minimum absolute atomic E-state index is 0.0629. The van der Waals surface area contributed by atoms with Gasteiger partial charge in [-0.25, -0.2) is 0 Å². The molecule has 0 saturated carbocycles. The Kier molecular flexibility index (Phi) is 5.55. The van der Waals surface area contributed by atoms with Gasteiger partial charge in [0, 0.05) is 5.02 Å². The number of para-hydroxylation sites is 1. The molecular formula is C18H19Cl2NO2. The average Bonchev–Trinajstić information content (AvgIpc) is 2.47. The summed E-state index contributed by atoms with van der Waals surface area (Å²) in [4.78, 5) is 12.1. The molecule has 0 aromatic heterocycles. The second-order valence-electron chi connectivity index (χ2n) is 6.21. The van der Waals surface area contributed by atoms with Gasteiger partial charge in [0.15, 0.2) is 6.61 Å². The van der Waals surface area contributed by atoms with E-state index in [1.54, 1.807) is 18.2 Å². The van der Waals surface area contributed by atoms with Crippen molar-refractivity contribution in [2.45, 2.75) is 26.2 Å². The summed E-state index contributed by atoms with van der Waals surface area (Å²) in [5, 5.41) is 3.62. The van der Waals surface area contributed by atoms with Crippen LogP contribution in [0, 0.1) is 0 Å². The van der Waals surface area contributed by atoms with Crippen LogP contribution in [-0.4, -0.2) is 12.5 Å². The lowest BCUT2D eigenvalue weighted by atomic mass is 9.86. The minimum Gasteiger partial charge on any atom is -0.483 e. The number of rotatable bonds is 4. The lowest BCUT2D eigenvalue weighted by molar-refractivity contribution is -0.118. The van der Waals surface area contributed by atoms with Crippen molar-refractivity contribution >= 4 is 34.8 Å². The fourth-order valence-corrected chi connectivity index (χ4v) is 2.59. The van der Waals surface area contributed by atoms with Crippen LogP contribution in [0.25, 0.3) is 0 Å². The Morgan fingerprint density at radius 3 is 2.48 bits per heavy atom. The zero-order valence-electron chi connectivity index (χ0n) is 13.3. The van der Waals surface area contributed by atoms with Crippen molar-refractivity contribution in [3.63, 3.8) is 0 Å². The van der Waals surface area contributed by atoms with Gasteiger partial charge in [0.25, 0.3) is 5.91 Å². The van der Waals surface area contributed by atoms with E-state index in [2.05, 4.69) is 26.1 Å². The molecule has 2 rings (SSSR count). The van der Waals surface area contributed by atoms with Crippen molar-refractivity contribution < 1.29 is 9.53 Å². The van der Waals surface area contributed by atoms with Crippen LogP contribution < -0.4 is 10.1 Å². The van der Waals surface area contributed by atoms with Crippen LogP contribution >= 0.6 is 23.2 Å². The third-order valence-corrected chi connectivity index (χ3v) is 3.81. The summed E-state index contributed by atoms with van der Waals surface area (Å²) >= 11 is 11.9. The number of carbonyl (C=O) groups excluding carboxylic acids is 1. The van der Waals surface area contributed by atoms with Crippen molar-refractivity contribution in [3.8, 4) is 5.75 Å². The zero-order chi connectivity index (χ0) is 17.0. The highest BCUT2D eigenvalue weighted by atomic mass is 35.5. The Bertz CT molecular complexity index is 708. The lowest BCUT2D eigenvalue weighted by Gasteiger charge is -2.22. The fourth-order valence-electron chi connectivity index (χ4n) is 2.13. The topological polar surface area (TPSA) is 38.3 Å². The van der Waals surface area contributed by atoms with Gasteiger partial charge < -0.3 is 10.1 Å². The summed E-state index contributed by atoms with van der Waals surface area (Å²) in [7, 11) is 0. The van der Waals surface area contributed by atoms with Gasteiger partial charge in [-0.2, -0.15) is 0 Å². The van der Waals surface area contributed by atoms with Gasteiger partial charge >= 0.3 is 0 Å². The number of carbonyl (C=O) groups is 1. The predicted octanol–water partition coefficient (Wildman–Crippen LogP) is 5.31. The van der Waals surface area contributed by atoms with E-state index in [1.165, 1.54) is 0 Å². The van der Waals surface area contributed by atoms with Gasteiger partial charge in [0.05, 0.1) is 10.7 Å². The summed E-state index contributed by atoms with van der Waals surface area (Å²) in [6.07, 6.45) is 0. The molecule has 23 heavy (non-hydrogen) atoms. The first kappa shape index (κ1) is 17.6. The highest BCUT2D eigenvalue weighted by Crippen LogP contribution is 2.31. The number of hydrogen-bond acceptors (Lipinski definition) is 2. The first-order valence-corrected chi connectivity index (χ1v) is 8.00. The third kappa shape index (κ3) is 4.88. The van der Waals surface area contributed by atoms with Gasteiger partial charge in [-0.3, -0.25) is 4.79 Å². The molecule has 0 aliphatic rings. The Balaban J connectivity index is 2.03. The molecule has 2 aromatic carbocycles. The number of amides is 1. The largest absolute Gasteiger partial charge is 0.483 e. The number of ether oxygens (including phenoxy) is 1. The fraction of sp³-hybridized carbons (Fsp3) is 0.278. The van der Waals surface area contributed by atoms with Crippen molar-refractivity contribution in [1.29, 1.82) is 0 Å². The number of anilines is 1. The van der Waals surface area contributed by atoms with Gasteiger partial charge in [0.1, 0.15) is 5.75 Å². The second kappa shape index (κ2) is 7.24. The second-order valence-corrected chi connectivity index (χ2v) is 7.05. The van der Waals surface area contributed by atoms with E-state index < -0.39 is 0 Å². The molecule has 0 saturated heterocycles. The van der Waals surface area contributed by atoms with E-state index >= 15 is 0 Å². The highest BCUT2D eigenvalue weighted by molar-refractivity contribution is 6.36. The van der Waals surface area contributed by atoms with Crippen LogP contribution in [0.15, 0.2) is 42.5 Å². The molecule has 0 fully saturated rings. The Morgan fingerprint density at radius 2 is 1.83 bits per heavy atom. The van der Waals surface area contributed by atoms with E-state index in [0.717, 1.165) is 5.56 Å². The zero-order valence-corrected chi connectivity index (χ0v) is 14.8. The Morgan fingerprint density at radius 1 is 1.13 bits per heavy atom. The molecule has 0 atom stereocenters. The molecule has 1 N–H and O–H groups in total. The number of benzene rings is 2. The van der Waals surface area contributed by atoms with Gasteiger partial charge in [-0.15, -0.1) is 0 Å². The predicted molar refractivity (Wildman–Crippen MR) is 95.7 cm³/mol. The van der Waals surface area contributed by atoms with Crippen molar-refractivity contribution in [2.75, 3.05) is 11.9 Å². The average molecular weight is 352 g/mol. The van der Waals surface area contributed by atoms with Crippen LogP contribution in [0.2, 0.25) is 10.0 Å². The van der Waals surface area contributed by atoms with Crippen molar-refractivity contribution in [2.24, 2.45) is 0 Å². The molecule has 0 heterocycles. The van der Waals surface area contributed by atoms with E-state index in [0.29, 0.717) is 21.5 Å². The van der Waals surface area contributed by atoms with Crippen LogP contribution in [0.1, 0.15) is 26.3 Å². The highest BCUT2D eigenvalue weighted by Gasteiger charge is 2.19. The maximum atomic E-state index is 12.1. The molecule has 1 amide bonds. The van der Waals surface area contributed by atoms with E-state index in [-0.39, 0.29) is 17.9 Å². The van der Waals surface area contributed by atoms with Crippen LogP contribution in [0.4, 0.5) is 5.69 Å². The molecule has 2 aromatic rings. The normalized spacial score (nSPS) is 11.2. The molecule has 0 radical (unpaired) electrons.